The molecule has 1 saturated heterocycles. The number of aldehydes is 1. The van der Waals surface area contributed by atoms with Crippen molar-refractivity contribution < 1.29 is 24.0 Å². The predicted molar refractivity (Wildman–Crippen MR) is 148 cm³/mol. The number of rotatable bonds is 13. The molecule has 0 radical (unpaired) electrons. The van der Waals surface area contributed by atoms with Crippen molar-refractivity contribution in [3.05, 3.63) is 35.9 Å². The number of carbonyl (C=O) groups is 5. The SMILES string of the molecule is CC(=O)SCCCC[C@H](C(C)=O)C(=O)NC(C)(C)C=O.CN[C@@H](Cc1ccccc1)C(=O)N1CCCC1. The van der Waals surface area contributed by atoms with E-state index in [1.165, 1.54) is 31.2 Å². The molecule has 0 spiro atoms. The molecular weight excluding hydrogens is 490 g/mol. The number of nitrogens with zero attached hydrogens (tertiary/aromatic N) is 1. The molecule has 0 bridgehead atoms. The minimum Gasteiger partial charge on any atom is -0.344 e. The van der Waals surface area contributed by atoms with Crippen LogP contribution in [0.4, 0.5) is 0 Å². The molecule has 1 aliphatic rings. The lowest BCUT2D eigenvalue weighted by atomic mass is 9.95. The molecule has 9 heteroatoms. The highest BCUT2D eigenvalue weighted by molar-refractivity contribution is 8.13. The highest BCUT2D eigenvalue weighted by Crippen LogP contribution is 2.15. The van der Waals surface area contributed by atoms with Gasteiger partial charge in [-0.05, 0) is 65.5 Å². The lowest BCUT2D eigenvalue weighted by Crippen LogP contribution is -2.48. The molecule has 1 fully saturated rings. The Labute approximate surface area is 225 Å². The quantitative estimate of drug-likeness (QED) is 0.227. The van der Waals surface area contributed by atoms with Crippen molar-refractivity contribution in [3.63, 3.8) is 0 Å². The molecule has 1 aromatic carbocycles. The molecule has 2 amide bonds. The third-order valence-corrected chi connectivity index (χ3v) is 6.99. The lowest BCUT2D eigenvalue weighted by molar-refractivity contribution is -0.136. The topological polar surface area (TPSA) is 113 Å². The van der Waals surface area contributed by atoms with Gasteiger partial charge >= 0.3 is 0 Å². The van der Waals surface area contributed by atoms with E-state index in [0.717, 1.165) is 38.8 Å². The molecule has 0 saturated carbocycles. The number of benzene rings is 1. The number of amides is 2. The predicted octanol–water partition coefficient (Wildman–Crippen LogP) is 3.17. The number of Topliss-reactive ketones (excluding diaryl/α,β-unsaturated/α-hetero) is 1. The van der Waals surface area contributed by atoms with Crippen molar-refractivity contribution in [1.82, 2.24) is 15.5 Å². The Morgan fingerprint density at radius 2 is 1.68 bits per heavy atom. The number of likely N-dealkylation sites (N-methyl/N-ethyl adjacent to an activating group) is 1. The Kier molecular flexibility index (Phi) is 15.0. The van der Waals surface area contributed by atoms with Gasteiger partial charge in [-0.3, -0.25) is 19.2 Å². The number of ketones is 1. The number of carbonyl (C=O) groups excluding carboxylic acids is 5. The largest absolute Gasteiger partial charge is 0.344 e. The van der Waals surface area contributed by atoms with Gasteiger partial charge < -0.3 is 20.3 Å². The molecule has 37 heavy (non-hydrogen) atoms. The van der Waals surface area contributed by atoms with Crippen molar-refractivity contribution in [1.29, 1.82) is 0 Å². The Bertz CT molecular complexity index is 885. The van der Waals surface area contributed by atoms with Crippen LogP contribution in [0.1, 0.15) is 65.4 Å². The van der Waals surface area contributed by atoms with E-state index in [2.05, 4.69) is 22.8 Å². The second-order valence-corrected chi connectivity index (χ2v) is 11.2. The molecule has 2 N–H and O–H groups in total. The zero-order valence-corrected chi connectivity index (χ0v) is 23.7. The average Bonchev–Trinajstić information content (AvgIpc) is 3.39. The van der Waals surface area contributed by atoms with Gasteiger partial charge in [0.25, 0.3) is 0 Å². The fraction of sp³-hybridized carbons (Fsp3) is 0.607. The van der Waals surface area contributed by atoms with E-state index in [-0.39, 0.29) is 22.8 Å². The van der Waals surface area contributed by atoms with Gasteiger partial charge in [0.15, 0.2) is 5.12 Å². The Morgan fingerprint density at radius 1 is 1.05 bits per heavy atom. The van der Waals surface area contributed by atoms with E-state index < -0.39 is 17.4 Å². The first-order chi connectivity index (χ1) is 17.5. The summed E-state index contributed by atoms with van der Waals surface area (Å²) in [4.78, 5) is 59.3. The van der Waals surface area contributed by atoms with E-state index in [9.17, 15) is 24.0 Å². The van der Waals surface area contributed by atoms with Crippen LogP contribution >= 0.6 is 11.8 Å². The highest BCUT2D eigenvalue weighted by atomic mass is 32.2. The highest BCUT2D eigenvalue weighted by Gasteiger charge is 2.28. The molecule has 0 aliphatic carbocycles. The van der Waals surface area contributed by atoms with Crippen LogP contribution in [-0.4, -0.2) is 71.4 Å². The number of likely N-dealkylation sites (tertiary alicyclic amines) is 1. The summed E-state index contributed by atoms with van der Waals surface area (Å²) in [6.45, 7) is 7.90. The van der Waals surface area contributed by atoms with Crippen molar-refractivity contribution in [2.45, 2.75) is 77.8 Å². The molecule has 1 aliphatic heterocycles. The number of nitrogens with one attached hydrogen (secondary N) is 2. The minimum absolute atomic E-state index is 0.0681. The van der Waals surface area contributed by atoms with Gasteiger partial charge in [-0.15, -0.1) is 0 Å². The van der Waals surface area contributed by atoms with Crippen LogP contribution < -0.4 is 10.6 Å². The smallest absolute Gasteiger partial charge is 0.240 e. The van der Waals surface area contributed by atoms with Gasteiger partial charge in [0.2, 0.25) is 11.8 Å². The molecule has 1 heterocycles. The minimum atomic E-state index is -0.963. The summed E-state index contributed by atoms with van der Waals surface area (Å²) in [5.41, 5.74) is 0.245. The molecule has 1 aromatic rings. The Hall–Kier alpha value is -2.52. The number of unbranched alkanes of at least 4 members (excludes halogenated alkanes) is 1. The van der Waals surface area contributed by atoms with Crippen LogP contribution in [-0.2, 0) is 30.4 Å². The second kappa shape index (κ2) is 17.1. The van der Waals surface area contributed by atoms with E-state index in [0.29, 0.717) is 24.9 Å². The molecule has 8 nitrogen and oxygen atoms in total. The summed E-state index contributed by atoms with van der Waals surface area (Å²) in [7, 11) is 1.86. The summed E-state index contributed by atoms with van der Waals surface area (Å²) in [5.74, 6) is -0.399. The number of hydrogen-bond donors (Lipinski definition) is 2. The zero-order chi connectivity index (χ0) is 27.8. The normalized spacial score (nSPS) is 14.7. The van der Waals surface area contributed by atoms with E-state index in [1.54, 1.807) is 13.8 Å². The van der Waals surface area contributed by atoms with Gasteiger partial charge in [0, 0.05) is 25.8 Å². The van der Waals surface area contributed by atoms with Crippen LogP contribution in [0.25, 0.3) is 0 Å². The third-order valence-electron chi connectivity index (χ3n) is 6.09. The van der Waals surface area contributed by atoms with Crippen molar-refractivity contribution >= 4 is 40.8 Å². The fourth-order valence-corrected chi connectivity index (χ4v) is 4.58. The first-order valence-corrected chi connectivity index (χ1v) is 13.9. The monoisotopic (exact) mass is 533 g/mol. The molecule has 0 aromatic heterocycles. The maximum absolute atomic E-state index is 12.2. The Morgan fingerprint density at radius 3 is 2.19 bits per heavy atom. The third kappa shape index (κ3) is 13.0. The van der Waals surface area contributed by atoms with Crippen LogP contribution in [0.15, 0.2) is 30.3 Å². The summed E-state index contributed by atoms with van der Waals surface area (Å²) in [6, 6.07) is 10.1. The molecular formula is C28H43N3O5S. The van der Waals surface area contributed by atoms with E-state index in [1.807, 2.05) is 30.1 Å². The lowest BCUT2D eigenvalue weighted by Gasteiger charge is -2.22. The van der Waals surface area contributed by atoms with E-state index >= 15 is 0 Å². The summed E-state index contributed by atoms with van der Waals surface area (Å²) in [6.07, 6.45) is 5.62. The average molecular weight is 534 g/mol. The maximum atomic E-state index is 12.2. The maximum Gasteiger partial charge on any atom is 0.240 e. The summed E-state index contributed by atoms with van der Waals surface area (Å²) < 4.78 is 0. The summed E-state index contributed by atoms with van der Waals surface area (Å²) in [5, 5.41) is 5.76. The van der Waals surface area contributed by atoms with E-state index in [4.69, 9.17) is 0 Å². The second-order valence-electron chi connectivity index (χ2n) is 9.89. The molecule has 0 unspecified atom stereocenters. The number of hydrogen-bond acceptors (Lipinski definition) is 7. The zero-order valence-electron chi connectivity index (χ0n) is 22.9. The first kappa shape index (κ1) is 32.5. The molecule has 206 valence electrons. The van der Waals surface area contributed by atoms with Crippen LogP contribution in [0.3, 0.4) is 0 Å². The van der Waals surface area contributed by atoms with Gasteiger partial charge in [-0.25, -0.2) is 0 Å². The van der Waals surface area contributed by atoms with Crippen LogP contribution in [0.5, 0.6) is 0 Å². The van der Waals surface area contributed by atoms with Crippen LogP contribution in [0, 0.1) is 5.92 Å². The Balaban J connectivity index is 0.000000373. The summed E-state index contributed by atoms with van der Waals surface area (Å²) >= 11 is 1.24. The fourth-order valence-electron chi connectivity index (χ4n) is 3.94. The molecule has 2 atom stereocenters. The van der Waals surface area contributed by atoms with Crippen LogP contribution in [0.2, 0.25) is 0 Å². The van der Waals surface area contributed by atoms with Gasteiger partial charge in [0.05, 0.1) is 17.5 Å². The van der Waals surface area contributed by atoms with Gasteiger partial charge in [-0.1, -0.05) is 48.5 Å². The van der Waals surface area contributed by atoms with Gasteiger partial charge in [0.1, 0.15) is 12.1 Å². The van der Waals surface area contributed by atoms with Gasteiger partial charge in [-0.2, -0.15) is 0 Å². The standard InChI is InChI=1S/C14H20N2O.C14H23NO4S/c1-15-13(11-12-7-3-2-4-8-12)14(17)16-9-5-6-10-16;1-10(17)12(7-5-6-8-20-11(2)18)13(19)15-14(3,4)9-16/h2-4,7-8,13,15H,5-6,9-11H2,1H3;9,12H,5-8H2,1-4H3,(H,15,19)/t13-;12-/m01/s1. The first-order valence-electron chi connectivity index (χ1n) is 12.9. The molecule has 2 rings (SSSR count). The number of thioether (sulfide) groups is 1. The van der Waals surface area contributed by atoms with Crippen molar-refractivity contribution in [2.24, 2.45) is 5.92 Å². The van der Waals surface area contributed by atoms with Crippen molar-refractivity contribution in [2.75, 3.05) is 25.9 Å². The van der Waals surface area contributed by atoms with Crippen molar-refractivity contribution in [3.8, 4) is 0 Å².